The zero-order valence-electron chi connectivity index (χ0n) is 26.8. The van der Waals surface area contributed by atoms with Crippen LogP contribution in [0, 0.1) is 0 Å². The molecule has 2 heteroatoms. The van der Waals surface area contributed by atoms with Gasteiger partial charge in [-0.3, -0.25) is 0 Å². The number of aromatic amines is 1. The second-order valence-corrected chi connectivity index (χ2v) is 12.6. The Morgan fingerprint density at radius 3 is 1.24 bits per heavy atom. The van der Waals surface area contributed by atoms with Crippen molar-refractivity contribution in [1.29, 1.82) is 0 Å². The minimum atomic E-state index is 0.622. The zero-order valence-corrected chi connectivity index (χ0v) is 26.8. The third-order valence-corrected chi connectivity index (χ3v) is 8.89. The molecule has 0 amide bonds. The number of nitrogens with zero attached hydrogens (tertiary/aromatic N) is 1. The Morgan fingerprint density at radius 1 is 0.500 bits per heavy atom. The van der Waals surface area contributed by atoms with Crippen LogP contribution in [0.2, 0.25) is 0 Å². The first-order valence-corrected chi connectivity index (χ1v) is 17.8. The van der Waals surface area contributed by atoms with Crippen LogP contribution in [0.4, 0.5) is 0 Å². The Morgan fingerprint density at radius 2 is 0.842 bits per heavy atom. The van der Waals surface area contributed by atoms with Gasteiger partial charge in [0.15, 0.2) is 0 Å². The second kappa shape index (κ2) is 26.4. The summed E-state index contributed by atoms with van der Waals surface area (Å²) in [5, 5.41) is 0. The molecule has 1 heterocycles. The van der Waals surface area contributed by atoms with Gasteiger partial charge in [-0.25, -0.2) is 9.55 Å². The SMILES string of the molecule is CCCCCCCCCCCCCCCCC(C)[n+]1cc[nH]c1C(CCCCCCC)CCCCCCC. The fraction of sp³-hybridized carbons (Fsp3) is 0.917. The summed E-state index contributed by atoms with van der Waals surface area (Å²) in [6.45, 7) is 9.40. The summed E-state index contributed by atoms with van der Waals surface area (Å²) in [4.78, 5) is 3.71. The highest BCUT2D eigenvalue weighted by Gasteiger charge is 2.25. The van der Waals surface area contributed by atoms with Crippen molar-refractivity contribution in [1.82, 2.24) is 4.98 Å². The van der Waals surface area contributed by atoms with Crippen molar-refractivity contribution in [2.75, 3.05) is 0 Å². The molecule has 224 valence electrons. The van der Waals surface area contributed by atoms with E-state index in [2.05, 4.69) is 49.6 Å². The molecule has 1 N–H and O–H groups in total. The van der Waals surface area contributed by atoms with Crippen molar-refractivity contribution < 1.29 is 4.57 Å². The van der Waals surface area contributed by atoms with E-state index in [4.69, 9.17) is 0 Å². The van der Waals surface area contributed by atoms with E-state index in [9.17, 15) is 0 Å². The third kappa shape index (κ3) is 18.5. The van der Waals surface area contributed by atoms with Crippen molar-refractivity contribution >= 4 is 0 Å². The van der Waals surface area contributed by atoms with E-state index in [1.54, 1.807) is 0 Å². The maximum atomic E-state index is 3.71. The zero-order chi connectivity index (χ0) is 27.5. The Balaban J connectivity index is 2.28. The summed E-state index contributed by atoms with van der Waals surface area (Å²) in [7, 11) is 0. The standard InChI is InChI=1S/C36H70N2/c1-5-8-11-14-15-16-17-18-19-20-21-22-25-26-29-34(4)38-33-32-37-36(38)35(30-27-23-12-9-6-2)31-28-24-13-10-7-3/h32-35H,5-31H2,1-4H3/p+1. The lowest BCUT2D eigenvalue weighted by Gasteiger charge is -2.17. The van der Waals surface area contributed by atoms with Gasteiger partial charge < -0.3 is 0 Å². The highest BCUT2D eigenvalue weighted by molar-refractivity contribution is 4.90. The predicted octanol–water partition coefficient (Wildman–Crippen LogP) is 12.5. The molecule has 0 bridgehead atoms. The van der Waals surface area contributed by atoms with Crippen molar-refractivity contribution in [3.8, 4) is 0 Å². The van der Waals surface area contributed by atoms with Gasteiger partial charge in [-0.2, -0.15) is 0 Å². The van der Waals surface area contributed by atoms with Gasteiger partial charge in [0.05, 0.1) is 12.0 Å². The minimum absolute atomic E-state index is 0.622. The van der Waals surface area contributed by atoms with Gasteiger partial charge >= 0.3 is 0 Å². The number of unbranched alkanes of at least 4 members (excludes halogenated alkanes) is 21. The normalized spacial score (nSPS) is 12.6. The quantitative estimate of drug-likeness (QED) is 0.0783. The van der Waals surface area contributed by atoms with Crippen LogP contribution < -0.4 is 4.57 Å². The van der Waals surface area contributed by atoms with Crippen LogP contribution in [0.1, 0.15) is 219 Å². The van der Waals surface area contributed by atoms with Crippen molar-refractivity contribution in [3.63, 3.8) is 0 Å². The monoisotopic (exact) mass is 532 g/mol. The van der Waals surface area contributed by atoms with E-state index in [-0.39, 0.29) is 0 Å². The summed E-state index contributed by atoms with van der Waals surface area (Å²) in [6, 6.07) is 0.622. The predicted molar refractivity (Wildman–Crippen MR) is 170 cm³/mol. The first-order valence-electron chi connectivity index (χ1n) is 17.8. The summed E-state index contributed by atoms with van der Waals surface area (Å²) in [6.07, 6.45) is 42.7. The molecule has 0 saturated carbocycles. The molecule has 0 radical (unpaired) electrons. The molecular weight excluding hydrogens is 460 g/mol. The van der Waals surface area contributed by atoms with Gasteiger partial charge in [0.2, 0.25) is 0 Å². The first kappa shape index (κ1) is 35.2. The molecule has 0 aliphatic rings. The van der Waals surface area contributed by atoms with E-state index >= 15 is 0 Å². The number of aromatic nitrogens is 2. The Kier molecular flexibility index (Phi) is 24.5. The highest BCUT2D eigenvalue weighted by Crippen LogP contribution is 2.27. The Hall–Kier alpha value is -0.790. The minimum Gasteiger partial charge on any atom is -0.247 e. The summed E-state index contributed by atoms with van der Waals surface area (Å²) >= 11 is 0. The molecule has 0 saturated heterocycles. The molecule has 1 unspecified atom stereocenters. The van der Waals surface area contributed by atoms with Crippen LogP contribution in [0.25, 0.3) is 0 Å². The largest absolute Gasteiger partial charge is 0.257 e. The molecule has 0 aliphatic carbocycles. The van der Waals surface area contributed by atoms with Gasteiger partial charge in [-0.05, 0) is 32.6 Å². The van der Waals surface area contributed by atoms with E-state index in [0.717, 1.165) is 0 Å². The lowest BCUT2D eigenvalue weighted by molar-refractivity contribution is -0.727. The van der Waals surface area contributed by atoms with E-state index in [1.165, 1.54) is 179 Å². The average molecular weight is 532 g/mol. The number of imidazole rings is 1. The van der Waals surface area contributed by atoms with E-state index < -0.39 is 0 Å². The fourth-order valence-corrected chi connectivity index (χ4v) is 6.25. The van der Waals surface area contributed by atoms with Crippen molar-refractivity contribution in [2.24, 2.45) is 0 Å². The molecular formula is C36H71N2+. The van der Waals surface area contributed by atoms with Gasteiger partial charge in [0, 0.05) is 0 Å². The second-order valence-electron chi connectivity index (χ2n) is 12.6. The van der Waals surface area contributed by atoms with Crippen LogP contribution in [-0.2, 0) is 0 Å². The molecule has 0 aromatic carbocycles. The molecule has 0 aliphatic heterocycles. The number of hydrogen-bond donors (Lipinski definition) is 1. The highest BCUT2D eigenvalue weighted by atomic mass is 15.1. The topological polar surface area (TPSA) is 19.7 Å². The van der Waals surface area contributed by atoms with Crippen LogP contribution in [0.5, 0.6) is 0 Å². The summed E-state index contributed by atoms with van der Waals surface area (Å²) < 4.78 is 2.62. The molecule has 1 aromatic rings. The molecule has 1 aromatic heterocycles. The number of rotatable bonds is 29. The van der Waals surface area contributed by atoms with Gasteiger partial charge in [0.25, 0.3) is 5.82 Å². The van der Waals surface area contributed by atoms with Crippen LogP contribution >= 0.6 is 0 Å². The summed E-state index contributed by atoms with van der Waals surface area (Å²) in [5.74, 6) is 2.24. The van der Waals surface area contributed by atoms with Crippen molar-refractivity contribution in [2.45, 2.75) is 213 Å². The van der Waals surface area contributed by atoms with Gasteiger partial charge in [-0.1, -0.05) is 168 Å². The lowest BCUT2D eigenvalue weighted by Crippen LogP contribution is -2.41. The molecule has 1 rings (SSSR count). The van der Waals surface area contributed by atoms with Crippen LogP contribution in [-0.4, -0.2) is 4.98 Å². The lowest BCUT2D eigenvalue weighted by atomic mass is 9.93. The molecule has 2 nitrogen and oxygen atoms in total. The Bertz CT molecular complexity index is 578. The maximum absolute atomic E-state index is 3.71. The maximum Gasteiger partial charge on any atom is 0.257 e. The van der Waals surface area contributed by atoms with Gasteiger partial charge in [-0.15, -0.1) is 0 Å². The first-order chi connectivity index (χ1) is 18.7. The molecule has 0 fully saturated rings. The average Bonchev–Trinajstić information content (AvgIpc) is 3.42. The fourth-order valence-electron chi connectivity index (χ4n) is 6.25. The van der Waals surface area contributed by atoms with Crippen LogP contribution in [0.3, 0.4) is 0 Å². The number of nitrogens with one attached hydrogen (secondary N) is 1. The smallest absolute Gasteiger partial charge is 0.247 e. The summed E-state index contributed by atoms with van der Waals surface area (Å²) in [5.41, 5.74) is 0. The number of hydrogen-bond acceptors (Lipinski definition) is 0. The Labute approximate surface area is 240 Å². The molecule has 38 heavy (non-hydrogen) atoms. The third-order valence-electron chi connectivity index (χ3n) is 8.89. The van der Waals surface area contributed by atoms with Gasteiger partial charge in [0.1, 0.15) is 12.4 Å². The number of H-pyrrole nitrogens is 1. The van der Waals surface area contributed by atoms with E-state index in [1.807, 2.05) is 0 Å². The van der Waals surface area contributed by atoms with Crippen molar-refractivity contribution in [3.05, 3.63) is 18.2 Å². The molecule has 0 spiro atoms. The molecule has 1 atom stereocenters. The van der Waals surface area contributed by atoms with Crippen LogP contribution in [0.15, 0.2) is 12.4 Å². The van der Waals surface area contributed by atoms with E-state index in [0.29, 0.717) is 12.0 Å².